The molecule has 0 spiro atoms. The van der Waals surface area contributed by atoms with E-state index in [9.17, 15) is 16.8 Å². The molecule has 0 saturated heterocycles. The van der Waals surface area contributed by atoms with Gasteiger partial charge in [0.2, 0.25) is 10.0 Å². The molecule has 0 unspecified atom stereocenters. The predicted molar refractivity (Wildman–Crippen MR) is 48.7 cm³/mol. The number of aromatic nitrogens is 1. The first-order chi connectivity index (χ1) is 6.21. The molecular formula is C6H8N2O4S2. The number of hydrogen-bond acceptors (Lipinski definition) is 5. The van der Waals surface area contributed by atoms with E-state index in [1.165, 1.54) is 0 Å². The Bertz CT molecular complexity index is 479. The molecule has 1 aromatic rings. The summed E-state index contributed by atoms with van der Waals surface area (Å²) in [5.74, 6) is 0. The fourth-order valence-electron chi connectivity index (χ4n) is 0.754. The Labute approximate surface area is 81.7 Å². The van der Waals surface area contributed by atoms with E-state index in [1.807, 2.05) is 0 Å². The lowest BCUT2D eigenvalue weighted by Gasteiger charge is -1.99. The van der Waals surface area contributed by atoms with Crippen LogP contribution in [0.5, 0.6) is 0 Å². The van der Waals surface area contributed by atoms with Gasteiger partial charge in [-0.05, 0) is 12.1 Å². The van der Waals surface area contributed by atoms with Gasteiger partial charge in [0, 0.05) is 12.5 Å². The third kappa shape index (κ3) is 2.50. The summed E-state index contributed by atoms with van der Waals surface area (Å²) >= 11 is 0. The summed E-state index contributed by atoms with van der Waals surface area (Å²) in [4.78, 5) is 3.25. The van der Waals surface area contributed by atoms with Crippen LogP contribution in [0.25, 0.3) is 0 Å². The summed E-state index contributed by atoms with van der Waals surface area (Å²) in [6.45, 7) is 0. The molecule has 0 aromatic carbocycles. The lowest BCUT2D eigenvalue weighted by molar-refractivity contribution is 0.592. The maximum absolute atomic E-state index is 11.0. The quantitative estimate of drug-likeness (QED) is 0.718. The minimum atomic E-state index is -3.82. The molecule has 0 saturated carbocycles. The fourth-order valence-corrected chi connectivity index (χ4v) is 1.77. The van der Waals surface area contributed by atoms with Crippen LogP contribution in [-0.2, 0) is 19.9 Å². The first kappa shape index (κ1) is 11.1. The summed E-state index contributed by atoms with van der Waals surface area (Å²) in [6.07, 6.45) is 1.89. The van der Waals surface area contributed by atoms with Gasteiger partial charge in [0.1, 0.15) is 4.90 Å². The van der Waals surface area contributed by atoms with Crippen LogP contribution in [0.15, 0.2) is 28.3 Å². The fraction of sp³-hybridized carbons (Fsp3) is 0.167. The van der Waals surface area contributed by atoms with Gasteiger partial charge in [-0.1, -0.05) is 0 Å². The molecule has 0 radical (unpaired) electrons. The summed E-state index contributed by atoms with van der Waals surface area (Å²) in [5.41, 5.74) is 0. The first-order valence-corrected chi connectivity index (χ1v) is 6.84. The van der Waals surface area contributed by atoms with Crippen molar-refractivity contribution in [1.29, 1.82) is 0 Å². The summed E-state index contributed by atoms with van der Waals surface area (Å²) in [7, 11) is -7.23. The smallest absolute Gasteiger partial charge is 0.239 e. The molecule has 14 heavy (non-hydrogen) atoms. The molecular weight excluding hydrogens is 228 g/mol. The number of nitrogens with two attached hydrogens (primary N) is 1. The standard InChI is InChI=1S/C6H8N2O4S2/c1-13(9,10)6-3-2-5(4-8-6)14(7,11)12/h2-4H,1H3,(H2,7,11,12). The highest BCUT2D eigenvalue weighted by molar-refractivity contribution is 7.90. The molecule has 78 valence electrons. The highest BCUT2D eigenvalue weighted by Gasteiger charge is 2.12. The Morgan fingerprint density at radius 2 is 1.79 bits per heavy atom. The number of nitrogens with zero attached hydrogens (tertiary/aromatic N) is 1. The van der Waals surface area contributed by atoms with Gasteiger partial charge >= 0.3 is 0 Å². The molecule has 2 N–H and O–H groups in total. The van der Waals surface area contributed by atoms with E-state index in [1.54, 1.807) is 0 Å². The lowest BCUT2D eigenvalue weighted by atomic mass is 10.5. The Balaban J connectivity index is 3.28. The van der Waals surface area contributed by atoms with Gasteiger partial charge in [0.25, 0.3) is 0 Å². The van der Waals surface area contributed by atoms with Gasteiger partial charge in [0.15, 0.2) is 14.9 Å². The zero-order valence-electron chi connectivity index (χ0n) is 7.21. The molecule has 0 amide bonds. The SMILES string of the molecule is CS(=O)(=O)c1ccc(S(N)(=O)=O)cn1. The number of rotatable bonds is 2. The largest absolute Gasteiger partial charge is 0.243 e. The molecule has 0 atom stereocenters. The van der Waals surface area contributed by atoms with Crippen molar-refractivity contribution in [3.63, 3.8) is 0 Å². The van der Waals surface area contributed by atoms with Gasteiger partial charge < -0.3 is 0 Å². The molecule has 1 heterocycles. The maximum atomic E-state index is 11.0. The average molecular weight is 236 g/mol. The molecule has 8 heteroatoms. The van der Waals surface area contributed by atoms with Crippen LogP contribution in [0.1, 0.15) is 0 Å². The first-order valence-electron chi connectivity index (χ1n) is 3.40. The monoisotopic (exact) mass is 236 g/mol. The van der Waals surface area contributed by atoms with E-state index in [2.05, 4.69) is 4.98 Å². The second-order valence-electron chi connectivity index (χ2n) is 2.65. The second kappa shape index (κ2) is 3.30. The topological polar surface area (TPSA) is 107 Å². The van der Waals surface area contributed by atoms with E-state index in [-0.39, 0.29) is 9.92 Å². The van der Waals surface area contributed by atoms with Crippen molar-refractivity contribution in [3.05, 3.63) is 18.3 Å². The zero-order valence-corrected chi connectivity index (χ0v) is 8.84. The van der Waals surface area contributed by atoms with Crippen LogP contribution in [-0.4, -0.2) is 28.1 Å². The molecule has 0 aliphatic heterocycles. The van der Waals surface area contributed by atoms with E-state index < -0.39 is 19.9 Å². The number of hydrogen-bond donors (Lipinski definition) is 1. The van der Waals surface area contributed by atoms with Gasteiger partial charge in [-0.2, -0.15) is 0 Å². The highest BCUT2D eigenvalue weighted by Crippen LogP contribution is 2.09. The molecule has 6 nitrogen and oxygen atoms in total. The minimum Gasteiger partial charge on any atom is -0.243 e. The number of sulfonamides is 1. The van der Waals surface area contributed by atoms with Crippen molar-refractivity contribution < 1.29 is 16.8 Å². The normalized spacial score (nSPS) is 12.7. The minimum absolute atomic E-state index is 0.190. The lowest BCUT2D eigenvalue weighted by Crippen LogP contribution is -2.13. The molecule has 1 aromatic heterocycles. The second-order valence-corrected chi connectivity index (χ2v) is 6.17. The van der Waals surface area contributed by atoms with Crippen molar-refractivity contribution >= 4 is 19.9 Å². The van der Waals surface area contributed by atoms with Crippen LogP contribution in [0.4, 0.5) is 0 Å². The van der Waals surface area contributed by atoms with Crippen molar-refractivity contribution in [3.8, 4) is 0 Å². The van der Waals surface area contributed by atoms with Crippen molar-refractivity contribution in [2.24, 2.45) is 5.14 Å². The molecule has 0 fully saturated rings. The molecule has 0 aliphatic rings. The number of primary sulfonamides is 1. The molecule has 0 aliphatic carbocycles. The average Bonchev–Trinajstić information content (AvgIpc) is 2.01. The van der Waals surface area contributed by atoms with Crippen molar-refractivity contribution in [1.82, 2.24) is 4.98 Å². The number of sulfone groups is 1. The van der Waals surface area contributed by atoms with Crippen LogP contribution in [0.2, 0.25) is 0 Å². The van der Waals surface area contributed by atoms with Crippen LogP contribution < -0.4 is 5.14 Å². The Morgan fingerprint density at radius 3 is 2.07 bits per heavy atom. The van der Waals surface area contributed by atoms with E-state index >= 15 is 0 Å². The van der Waals surface area contributed by atoms with E-state index in [0.717, 1.165) is 24.6 Å². The van der Waals surface area contributed by atoms with Crippen LogP contribution >= 0.6 is 0 Å². The Hall–Kier alpha value is -0.990. The van der Waals surface area contributed by atoms with Gasteiger partial charge in [-0.25, -0.2) is 27.0 Å². The van der Waals surface area contributed by atoms with Gasteiger partial charge in [0.05, 0.1) is 0 Å². The summed E-state index contributed by atoms with van der Waals surface area (Å²) < 4.78 is 43.5. The highest BCUT2D eigenvalue weighted by atomic mass is 32.2. The third-order valence-corrected chi connectivity index (χ3v) is 3.32. The van der Waals surface area contributed by atoms with Crippen molar-refractivity contribution in [2.75, 3.05) is 6.26 Å². The van der Waals surface area contributed by atoms with E-state index in [4.69, 9.17) is 5.14 Å². The van der Waals surface area contributed by atoms with Gasteiger partial charge in [-0.15, -0.1) is 0 Å². The van der Waals surface area contributed by atoms with E-state index in [0.29, 0.717) is 0 Å². The zero-order chi connectivity index (χ0) is 11.0. The third-order valence-electron chi connectivity index (χ3n) is 1.42. The number of pyridine rings is 1. The van der Waals surface area contributed by atoms with Gasteiger partial charge in [-0.3, -0.25) is 0 Å². The Morgan fingerprint density at radius 1 is 1.21 bits per heavy atom. The molecule has 0 bridgehead atoms. The van der Waals surface area contributed by atoms with Crippen LogP contribution in [0, 0.1) is 0 Å². The van der Waals surface area contributed by atoms with Crippen LogP contribution in [0.3, 0.4) is 0 Å². The van der Waals surface area contributed by atoms with Crippen molar-refractivity contribution in [2.45, 2.75) is 9.92 Å². The molecule has 1 rings (SSSR count). The summed E-state index contributed by atoms with van der Waals surface area (Å²) in [5, 5.41) is 4.61. The summed E-state index contributed by atoms with van der Waals surface area (Å²) in [6, 6.07) is 2.19. The maximum Gasteiger partial charge on any atom is 0.239 e. The Kier molecular flexibility index (Phi) is 2.61. The predicted octanol–water partition coefficient (Wildman–Crippen LogP) is -0.867.